The van der Waals surface area contributed by atoms with Gasteiger partial charge in [0.1, 0.15) is 17.5 Å². The number of anilines is 3. The maximum absolute atomic E-state index is 14.5. The van der Waals surface area contributed by atoms with Crippen molar-refractivity contribution in [3.63, 3.8) is 0 Å². The number of aromatic nitrogens is 2. The zero-order valence-electron chi connectivity index (χ0n) is 19.3. The Morgan fingerprint density at radius 2 is 1.81 bits per heavy atom. The van der Waals surface area contributed by atoms with Gasteiger partial charge in [-0.15, -0.1) is 0 Å². The van der Waals surface area contributed by atoms with E-state index in [0.717, 1.165) is 0 Å². The second kappa shape index (κ2) is 12.6. The van der Waals surface area contributed by atoms with Crippen molar-refractivity contribution in [2.75, 3.05) is 10.6 Å². The van der Waals surface area contributed by atoms with Crippen LogP contribution in [0.4, 0.5) is 43.5 Å². The topological polar surface area (TPSA) is 49.8 Å². The van der Waals surface area contributed by atoms with Gasteiger partial charge in [-0.05, 0) is 42.3 Å². The molecule has 0 fully saturated rings. The number of nitrogens with zero attached hydrogens (tertiary/aromatic N) is 2. The molecule has 0 aliphatic rings. The van der Waals surface area contributed by atoms with Gasteiger partial charge in [-0.2, -0.15) is 13.2 Å². The fourth-order valence-electron chi connectivity index (χ4n) is 2.88. The van der Waals surface area contributed by atoms with Crippen LogP contribution >= 0.6 is 0 Å². The molecule has 0 saturated heterocycles. The highest BCUT2D eigenvalue weighted by atomic mass is 19.4. The molecule has 0 saturated carbocycles. The summed E-state index contributed by atoms with van der Waals surface area (Å²) in [5.41, 5.74) is 3.11. The summed E-state index contributed by atoms with van der Waals surface area (Å²) in [6.07, 6.45) is -3.91. The summed E-state index contributed by atoms with van der Waals surface area (Å²) in [7, 11) is 0. The number of hydrogen-bond acceptors (Lipinski definition) is 4. The molecule has 0 amide bonds. The SMILES string of the molecule is C=CC(=C)Nc1ccc(F)c(Nc2nc(C)ncc2-c2cccc(CC(F)F)c2)c1.C=CC(F)(F)F. The Morgan fingerprint density at radius 3 is 2.42 bits per heavy atom. The first-order chi connectivity index (χ1) is 16.9. The van der Waals surface area contributed by atoms with E-state index in [-0.39, 0.29) is 18.2 Å². The Kier molecular flexibility index (Phi) is 9.83. The highest BCUT2D eigenvalue weighted by Gasteiger charge is 2.19. The third-order valence-electron chi connectivity index (χ3n) is 4.54. The van der Waals surface area contributed by atoms with Gasteiger partial charge in [-0.3, -0.25) is 0 Å². The zero-order chi connectivity index (χ0) is 26.9. The van der Waals surface area contributed by atoms with Crippen molar-refractivity contribution in [1.82, 2.24) is 9.97 Å². The van der Waals surface area contributed by atoms with Gasteiger partial charge < -0.3 is 10.6 Å². The van der Waals surface area contributed by atoms with Crippen LogP contribution in [0.25, 0.3) is 11.1 Å². The lowest BCUT2D eigenvalue weighted by molar-refractivity contribution is -0.0795. The molecule has 0 unspecified atom stereocenters. The molecule has 3 aromatic rings. The van der Waals surface area contributed by atoms with Gasteiger partial charge in [0.15, 0.2) is 0 Å². The minimum atomic E-state index is -4.19. The number of hydrogen-bond donors (Lipinski definition) is 2. The van der Waals surface area contributed by atoms with E-state index in [4.69, 9.17) is 0 Å². The number of alkyl halides is 5. The molecule has 0 spiro atoms. The van der Waals surface area contributed by atoms with E-state index in [1.54, 1.807) is 55.6 Å². The fourth-order valence-corrected chi connectivity index (χ4v) is 2.88. The van der Waals surface area contributed by atoms with Crippen LogP contribution in [0.5, 0.6) is 0 Å². The average Bonchev–Trinajstić information content (AvgIpc) is 2.81. The highest BCUT2D eigenvalue weighted by molar-refractivity contribution is 5.79. The summed E-state index contributed by atoms with van der Waals surface area (Å²) in [6, 6.07) is 11.2. The van der Waals surface area contributed by atoms with Crippen LogP contribution in [-0.4, -0.2) is 22.6 Å². The number of nitrogens with one attached hydrogen (secondary N) is 2. The highest BCUT2D eigenvalue weighted by Crippen LogP contribution is 2.31. The van der Waals surface area contributed by atoms with Gasteiger partial charge in [0, 0.05) is 35.6 Å². The van der Waals surface area contributed by atoms with Gasteiger partial charge in [-0.1, -0.05) is 44.0 Å². The zero-order valence-corrected chi connectivity index (χ0v) is 19.3. The van der Waals surface area contributed by atoms with Crippen LogP contribution in [0.3, 0.4) is 0 Å². The van der Waals surface area contributed by atoms with Crippen LogP contribution in [0.2, 0.25) is 0 Å². The van der Waals surface area contributed by atoms with Crippen LogP contribution < -0.4 is 10.6 Å². The predicted octanol–water partition coefficient (Wildman–Crippen LogP) is 7.99. The van der Waals surface area contributed by atoms with Crippen LogP contribution in [0, 0.1) is 12.7 Å². The van der Waals surface area contributed by atoms with Crippen molar-refractivity contribution in [3.8, 4) is 11.1 Å². The third kappa shape index (κ3) is 8.94. The summed E-state index contributed by atoms with van der Waals surface area (Å²) in [6.45, 7) is 11.6. The molecular weight excluding hydrogens is 482 g/mol. The third-order valence-corrected chi connectivity index (χ3v) is 4.54. The smallest absolute Gasteiger partial charge is 0.356 e. The summed E-state index contributed by atoms with van der Waals surface area (Å²) < 4.78 is 72.0. The average molecular weight is 506 g/mol. The first-order valence-electron chi connectivity index (χ1n) is 10.5. The molecule has 4 nitrogen and oxygen atoms in total. The van der Waals surface area contributed by atoms with Crippen molar-refractivity contribution in [3.05, 3.63) is 103 Å². The number of benzene rings is 2. The predicted molar refractivity (Wildman–Crippen MR) is 131 cm³/mol. The molecule has 190 valence electrons. The second-order valence-corrected chi connectivity index (χ2v) is 7.39. The first kappa shape index (κ1) is 28.2. The largest absolute Gasteiger partial charge is 0.409 e. The maximum Gasteiger partial charge on any atom is 0.409 e. The minimum absolute atomic E-state index is 0.0625. The fraction of sp³-hybridized carbons (Fsp3) is 0.154. The Bertz CT molecular complexity index is 1220. The van der Waals surface area contributed by atoms with Gasteiger partial charge in [0.25, 0.3) is 0 Å². The molecule has 1 heterocycles. The number of aryl methyl sites for hydroxylation is 1. The molecule has 0 radical (unpaired) electrons. The van der Waals surface area contributed by atoms with Crippen LogP contribution in [0.15, 0.2) is 86.2 Å². The van der Waals surface area contributed by atoms with E-state index in [1.165, 1.54) is 6.07 Å². The summed E-state index contributed by atoms with van der Waals surface area (Å²) in [4.78, 5) is 8.60. The molecule has 0 aliphatic carbocycles. The van der Waals surface area contributed by atoms with Gasteiger partial charge in [0.05, 0.1) is 5.69 Å². The molecule has 0 aliphatic heterocycles. The van der Waals surface area contributed by atoms with Crippen LogP contribution in [-0.2, 0) is 6.42 Å². The van der Waals surface area contributed by atoms with E-state index in [9.17, 15) is 26.3 Å². The van der Waals surface area contributed by atoms with Crippen molar-refractivity contribution < 1.29 is 26.3 Å². The Balaban J connectivity index is 0.000000678. The van der Waals surface area contributed by atoms with Gasteiger partial charge >= 0.3 is 6.18 Å². The van der Waals surface area contributed by atoms with Crippen molar-refractivity contribution in [1.29, 1.82) is 0 Å². The standard InChI is InChI=1S/C23H21F3N4.C3H3F3/c1-4-14(2)28-18-8-9-20(24)21(12-18)30-23-19(13-27-15(3)29-23)17-7-5-6-16(10-17)11-22(25)26;1-2-3(4,5)6/h4-10,12-13,22,28H,1-2,11H2,3H3,(H,27,29,30);2H,1H2. The monoisotopic (exact) mass is 506 g/mol. The van der Waals surface area contributed by atoms with Crippen molar-refractivity contribution in [2.24, 2.45) is 0 Å². The second-order valence-electron chi connectivity index (χ2n) is 7.39. The quantitative estimate of drug-likeness (QED) is 0.185. The molecule has 2 aromatic carbocycles. The lowest BCUT2D eigenvalue weighted by Gasteiger charge is -2.14. The molecular formula is C26H24F6N4. The molecule has 2 N–H and O–H groups in total. The molecule has 1 aromatic heterocycles. The number of rotatable bonds is 8. The molecule has 0 bridgehead atoms. The Hall–Kier alpha value is -4.08. The summed E-state index contributed by atoms with van der Waals surface area (Å²) in [5, 5.41) is 6.01. The summed E-state index contributed by atoms with van der Waals surface area (Å²) in [5.74, 6) is 0.383. The number of allylic oxidation sites excluding steroid dienone is 2. The normalized spacial score (nSPS) is 10.8. The van der Waals surface area contributed by atoms with Gasteiger partial charge in [-0.25, -0.2) is 23.1 Å². The molecule has 10 heteroatoms. The van der Waals surface area contributed by atoms with E-state index in [1.807, 2.05) is 0 Å². The minimum Gasteiger partial charge on any atom is -0.356 e. The number of halogens is 6. The molecule has 0 atom stereocenters. The Morgan fingerprint density at radius 1 is 1.11 bits per heavy atom. The maximum atomic E-state index is 14.5. The van der Waals surface area contributed by atoms with Crippen molar-refractivity contribution in [2.45, 2.75) is 25.9 Å². The summed E-state index contributed by atoms with van der Waals surface area (Å²) >= 11 is 0. The van der Waals surface area contributed by atoms with Gasteiger partial charge in [0.2, 0.25) is 6.43 Å². The van der Waals surface area contributed by atoms with E-state index < -0.39 is 18.4 Å². The van der Waals surface area contributed by atoms with E-state index in [2.05, 4.69) is 40.3 Å². The lowest BCUT2D eigenvalue weighted by Crippen LogP contribution is -2.03. The Labute approximate surface area is 205 Å². The molecule has 3 rings (SSSR count). The van der Waals surface area contributed by atoms with Crippen molar-refractivity contribution >= 4 is 17.2 Å². The van der Waals surface area contributed by atoms with E-state index >= 15 is 0 Å². The van der Waals surface area contributed by atoms with E-state index in [0.29, 0.717) is 39.7 Å². The molecule has 36 heavy (non-hydrogen) atoms. The lowest BCUT2D eigenvalue weighted by atomic mass is 10.0. The van der Waals surface area contributed by atoms with Crippen LogP contribution in [0.1, 0.15) is 11.4 Å². The first-order valence-corrected chi connectivity index (χ1v) is 10.5.